The molecule has 1 aromatic carbocycles. The third-order valence-corrected chi connectivity index (χ3v) is 5.04. The molecule has 0 atom stereocenters. The van der Waals surface area contributed by atoms with E-state index in [1.54, 1.807) is 0 Å². The van der Waals surface area contributed by atoms with E-state index in [4.69, 9.17) is 4.74 Å². The first-order chi connectivity index (χ1) is 12.6. The van der Waals surface area contributed by atoms with E-state index in [0.29, 0.717) is 13.2 Å². The first kappa shape index (κ1) is 19.0. The molecule has 1 heterocycles. The highest BCUT2D eigenvalue weighted by molar-refractivity contribution is 5.78. The minimum atomic E-state index is 0.223. The van der Waals surface area contributed by atoms with Crippen LogP contribution in [0.15, 0.2) is 24.3 Å². The van der Waals surface area contributed by atoms with Crippen LogP contribution < -0.4 is 15.0 Å². The molecule has 1 aliphatic carbocycles. The Balaban J connectivity index is 1.47. The average molecular weight is 361 g/mol. The van der Waals surface area contributed by atoms with Gasteiger partial charge in [-0.3, -0.25) is 4.79 Å². The maximum absolute atomic E-state index is 12.3. The van der Waals surface area contributed by atoms with Crippen LogP contribution >= 0.6 is 0 Å². The van der Waals surface area contributed by atoms with Gasteiger partial charge in [-0.2, -0.15) is 0 Å². The predicted octanol–water partition coefficient (Wildman–Crippen LogP) is 1.28. The predicted molar refractivity (Wildman–Crippen MR) is 105 cm³/mol. The highest BCUT2D eigenvalue weighted by Crippen LogP contribution is 2.29. The summed E-state index contributed by atoms with van der Waals surface area (Å²) in [4.78, 5) is 18.8. The molecule has 0 radical (unpaired) electrons. The number of anilines is 1. The summed E-state index contributed by atoms with van der Waals surface area (Å²) in [5, 5.41) is 3.30. The van der Waals surface area contributed by atoms with Gasteiger partial charge < -0.3 is 24.8 Å². The first-order valence-corrected chi connectivity index (χ1v) is 9.73. The molecule has 1 saturated carbocycles. The Labute approximate surface area is 157 Å². The zero-order chi connectivity index (χ0) is 18.4. The minimum absolute atomic E-state index is 0.223. The Hall–Kier alpha value is -1.79. The number of rotatable bonds is 9. The van der Waals surface area contributed by atoms with E-state index in [2.05, 4.69) is 21.2 Å². The summed E-state index contributed by atoms with van der Waals surface area (Å²) in [5.74, 6) is 1.96. The van der Waals surface area contributed by atoms with E-state index < -0.39 is 0 Å². The average Bonchev–Trinajstić information content (AvgIpc) is 3.46. The maximum atomic E-state index is 12.3. The number of benzene rings is 1. The summed E-state index contributed by atoms with van der Waals surface area (Å²) in [6.45, 7) is 6.28. The van der Waals surface area contributed by atoms with Gasteiger partial charge >= 0.3 is 0 Å². The van der Waals surface area contributed by atoms with Crippen LogP contribution in [0.4, 0.5) is 5.69 Å². The van der Waals surface area contributed by atoms with Gasteiger partial charge in [-0.1, -0.05) is 12.1 Å². The van der Waals surface area contributed by atoms with Crippen molar-refractivity contribution in [1.29, 1.82) is 0 Å². The Morgan fingerprint density at radius 3 is 2.62 bits per heavy atom. The van der Waals surface area contributed by atoms with Crippen molar-refractivity contribution in [3.8, 4) is 5.75 Å². The normalized spacial score (nSPS) is 17.7. The van der Waals surface area contributed by atoms with E-state index in [0.717, 1.165) is 56.6 Å². The largest absolute Gasteiger partial charge is 0.490 e. The maximum Gasteiger partial charge on any atom is 0.236 e. The lowest BCUT2D eigenvalue weighted by molar-refractivity contribution is -0.130. The van der Waals surface area contributed by atoms with Crippen LogP contribution in [-0.2, 0) is 4.79 Å². The molecule has 6 heteroatoms. The zero-order valence-corrected chi connectivity index (χ0v) is 16.1. The molecule has 1 N–H and O–H groups in total. The number of carbonyl (C=O) groups excluding carboxylic acids is 1. The number of nitrogens with one attached hydrogen (secondary N) is 1. The van der Waals surface area contributed by atoms with Gasteiger partial charge in [0.25, 0.3) is 0 Å². The van der Waals surface area contributed by atoms with Gasteiger partial charge in [-0.15, -0.1) is 0 Å². The fourth-order valence-electron chi connectivity index (χ4n) is 3.19. The van der Waals surface area contributed by atoms with Crippen LogP contribution in [0, 0.1) is 5.92 Å². The number of ether oxygens (including phenoxy) is 1. The number of hydrogen-bond acceptors (Lipinski definition) is 5. The van der Waals surface area contributed by atoms with Crippen LogP contribution in [0.5, 0.6) is 5.75 Å². The Morgan fingerprint density at radius 1 is 1.19 bits per heavy atom. The molecule has 0 bridgehead atoms. The Kier molecular flexibility index (Phi) is 6.74. The highest BCUT2D eigenvalue weighted by Gasteiger charge is 2.24. The van der Waals surface area contributed by atoms with Crippen LogP contribution in [0.1, 0.15) is 12.8 Å². The SMILES string of the molecule is CN(C)CCOc1ccccc1N1CCN(C(=O)CNCC2CC2)CC1. The third kappa shape index (κ3) is 5.61. The second kappa shape index (κ2) is 9.24. The summed E-state index contributed by atoms with van der Waals surface area (Å²) in [6, 6.07) is 8.21. The van der Waals surface area contributed by atoms with Crippen molar-refractivity contribution in [3.63, 3.8) is 0 Å². The Bertz CT molecular complexity index is 581. The first-order valence-electron chi connectivity index (χ1n) is 9.73. The van der Waals surface area contributed by atoms with E-state index >= 15 is 0 Å². The summed E-state index contributed by atoms with van der Waals surface area (Å²) < 4.78 is 5.98. The molecule has 1 amide bonds. The van der Waals surface area contributed by atoms with Gasteiger partial charge in [0.2, 0.25) is 5.91 Å². The van der Waals surface area contributed by atoms with Gasteiger partial charge in [-0.25, -0.2) is 0 Å². The van der Waals surface area contributed by atoms with Gasteiger partial charge in [0.15, 0.2) is 0 Å². The standard InChI is InChI=1S/C20H32N4O2/c1-22(2)13-14-26-19-6-4-3-5-18(19)23-9-11-24(12-10-23)20(25)16-21-15-17-7-8-17/h3-6,17,21H,7-16H2,1-2H3. The lowest BCUT2D eigenvalue weighted by Gasteiger charge is -2.36. The van der Waals surface area contributed by atoms with E-state index in [1.165, 1.54) is 12.8 Å². The molecule has 1 aliphatic heterocycles. The van der Waals surface area contributed by atoms with Crippen molar-refractivity contribution >= 4 is 11.6 Å². The molecule has 6 nitrogen and oxygen atoms in total. The number of amides is 1. The molecule has 144 valence electrons. The highest BCUT2D eigenvalue weighted by atomic mass is 16.5. The zero-order valence-electron chi connectivity index (χ0n) is 16.1. The van der Waals surface area contributed by atoms with Crippen molar-refractivity contribution in [2.45, 2.75) is 12.8 Å². The van der Waals surface area contributed by atoms with Gasteiger partial charge in [0, 0.05) is 32.7 Å². The molecule has 1 aromatic rings. The number of hydrogen-bond donors (Lipinski definition) is 1. The van der Waals surface area contributed by atoms with Crippen molar-refractivity contribution in [3.05, 3.63) is 24.3 Å². The molecule has 1 saturated heterocycles. The van der Waals surface area contributed by atoms with Crippen molar-refractivity contribution < 1.29 is 9.53 Å². The van der Waals surface area contributed by atoms with E-state index in [9.17, 15) is 4.79 Å². The quantitative estimate of drug-likeness (QED) is 0.719. The van der Waals surface area contributed by atoms with E-state index in [1.807, 2.05) is 37.2 Å². The summed E-state index contributed by atoms with van der Waals surface area (Å²) in [5.41, 5.74) is 1.13. The van der Waals surface area contributed by atoms with Crippen molar-refractivity contribution in [2.24, 2.45) is 5.92 Å². The number of nitrogens with zero attached hydrogens (tertiary/aromatic N) is 3. The second-order valence-corrected chi connectivity index (χ2v) is 7.56. The lowest BCUT2D eigenvalue weighted by Crippen LogP contribution is -2.51. The molecular formula is C20H32N4O2. The molecule has 3 rings (SSSR count). The Morgan fingerprint density at radius 2 is 1.92 bits per heavy atom. The van der Waals surface area contributed by atoms with Crippen molar-refractivity contribution in [1.82, 2.24) is 15.1 Å². The van der Waals surface area contributed by atoms with Crippen molar-refractivity contribution in [2.75, 3.05) is 71.4 Å². The molecular weight excluding hydrogens is 328 g/mol. The fraction of sp³-hybridized carbons (Fsp3) is 0.650. The molecule has 0 spiro atoms. The third-order valence-electron chi connectivity index (χ3n) is 5.04. The molecule has 26 heavy (non-hydrogen) atoms. The van der Waals surface area contributed by atoms with E-state index in [-0.39, 0.29) is 5.91 Å². The molecule has 0 aromatic heterocycles. The van der Waals surface area contributed by atoms with Crippen LogP contribution in [0.3, 0.4) is 0 Å². The summed E-state index contributed by atoms with van der Waals surface area (Å²) in [6.07, 6.45) is 2.63. The van der Waals surface area contributed by atoms with Crippen LogP contribution in [0.2, 0.25) is 0 Å². The number of likely N-dealkylation sites (N-methyl/N-ethyl adjacent to an activating group) is 1. The van der Waals surface area contributed by atoms with Crippen LogP contribution in [0.25, 0.3) is 0 Å². The topological polar surface area (TPSA) is 48.1 Å². The van der Waals surface area contributed by atoms with Gasteiger partial charge in [-0.05, 0) is 51.5 Å². The fourth-order valence-corrected chi connectivity index (χ4v) is 3.19. The number of piperazine rings is 1. The smallest absolute Gasteiger partial charge is 0.236 e. The number of para-hydroxylation sites is 2. The summed E-state index contributed by atoms with van der Waals surface area (Å²) >= 11 is 0. The number of carbonyl (C=O) groups is 1. The lowest BCUT2D eigenvalue weighted by atomic mass is 10.2. The van der Waals surface area contributed by atoms with Crippen LogP contribution in [-0.4, -0.2) is 82.2 Å². The molecule has 0 unspecified atom stereocenters. The van der Waals surface area contributed by atoms with Gasteiger partial charge in [0.1, 0.15) is 12.4 Å². The molecule has 2 fully saturated rings. The van der Waals surface area contributed by atoms with Gasteiger partial charge in [0.05, 0.1) is 12.2 Å². The monoisotopic (exact) mass is 360 g/mol. The second-order valence-electron chi connectivity index (χ2n) is 7.56. The summed E-state index contributed by atoms with van der Waals surface area (Å²) in [7, 11) is 4.09. The molecule has 2 aliphatic rings. The minimum Gasteiger partial charge on any atom is -0.490 e.